The lowest BCUT2D eigenvalue weighted by Gasteiger charge is -2.16. The molecule has 0 aliphatic carbocycles. The fourth-order valence-corrected chi connectivity index (χ4v) is 1.64. The topological polar surface area (TPSA) is 71.1 Å². The maximum absolute atomic E-state index is 11.2. The molecular formula is C16H22O6. The Balaban J connectivity index is 3.21. The Labute approximate surface area is 130 Å². The summed E-state index contributed by atoms with van der Waals surface area (Å²) in [4.78, 5) is 22.4. The fraction of sp³-hybridized carbons (Fsp3) is 0.500. The van der Waals surface area contributed by atoms with Crippen LogP contribution >= 0.6 is 0 Å². The first-order valence-corrected chi connectivity index (χ1v) is 7.28. The molecule has 6 heteroatoms. The van der Waals surface area contributed by atoms with Gasteiger partial charge in [-0.3, -0.25) is 9.59 Å². The third-order valence-electron chi connectivity index (χ3n) is 2.44. The molecule has 1 rings (SSSR count). The highest BCUT2D eigenvalue weighted by atomic mass is 16.6. The van der Waals surface area contributed by atoms with E-state index in [2.05, 4.69) is 0 Å². The van der Waals surface area contributed by atoms with Gasteiger partial charge in [0.25, 0.3) is 0 Å². The van der Waals surface area contributed by atoms with Crippen LogP contribution in [0.5, 0.6) is 23.0 Å². The van der Waals surface area contributed by atoms with Crippen LogP contribution in [0.1, 0.15) is 40.5 Å². The Bertz CT molecular complexity index is 476. The van der Waals surface area contributed by atoms with E-state index in [0.29, 0.717) is 24.7 Å². The highest BCUT2D eigenvalue weighted by Crippen LogP contribution is 2.40. The molecule has 0 amide bonds. The number of hydrogen-bond acceptors (Lipinski definition) is 6. The molecule has 0 aliphatic rings. The van der Waals surface area contributed by atoms with Gasteiger partial charge in [-0.15, -0.1) is 0 Å². The molecule has 0 saturated carbocycles. The molecule has 0 fully saturated rings. The van der Waals surface area contributed by atoms with Crippen LogP contribution < -0.4 is 18.9 Å². The second-order valence-corrected chi connectivity index (χ2v) is 4.63. The van der Waals surface area contributed by atoms with E-state index in [1.54, 1.807) is 0 Å². The first kappa shape index (κ1) is 17.8. The molecule has 0 atom stereocenters. The fourth-order valence-electron chi connectivity index (χ4n) is 1.64. The monoisotopic (exact) mass is 310 g/mol. The summed E-state index contributed by atoms with van der Waals surface area (Å²) < 4.78 is 21.4. The van der Waals surface area contributed by atoms with Gasteiger partial charge in [0.2, 0.25) is 0 Å². The number of ether oxygens (including phenoxy) is 4. The highest BCUT2D eigenvalue weighted by molar-refractivity contribution is 5.73. The Hall–Kier alpha value is -2.24. The number of benzene rings is 1. The summed E-state index contributed by atoms with van der Waals surface area (Å²) in [5, 5.41) is 0. The van der Waals surface area contributed by atoms with E-state index < -0.39 is 11.9 Å². The van der Waals surface area contributed by atoms with E-state index in [9.17, 15) is 9.59 Å². The van der Waals surface area contributed by atoms with Gasteiger partial charge in [-0.25, -0.2) is 0 Å². The zero-order valence-corrected chi connectivity index (χ0v) is 13.4. The van der Waals surface area contributed by atoms with Crippen molar-refractivity contribution in [3.05, 3.63) is 12.1 Å². The van der Waals surface area contributed by atoms with Crippen LogP contribution in [0.25, 0.3) is 0 Å². The minimum absolute atomic E-state index is 0.239. The minimum Gasteiger partial charge on any atom is -0.490 e. The summed E-state index contributed by atoms with van der Waals surface area (Å²) in [6, 6.07) is 3.00. The van der Waals surface area contributed by atoms with Crippen LogP contribution in [0.15, 0.2) is 12.1 Å². The molecule has 6 nitrogen and oxygen atoms in total. The summed E-state index contributed by atoms with van der Waals surface area (Å²) in [5.74, 6) is 0.200. The van der Waals surface area contributed by atoms with Crippen molar-refractivity contribution in [3.8, 4) is 23.0 Å². The maximum atomic E-state index is 11.2. The zero-order valence-electron chi connectivity index (χ0n) is 13.4. The second kappa shape index (κ2) is 8.92. The number of esters is 2. The van der Waals surface area contributed by atoms with Crippen molar-refractivity contribution in [1.82, 2.24) is 0 Å². The van der Waals surface area contributed by atoms with Crippen molar-refractivity contribution < 1.29 is 28.5 Å². The van der Waals surface area contributed by atoms with Crippen LogP contribution in [0.3, 0.4) is 0 Å². The lowest BCUT2D eigenvalue weighted by molar-refractivity contribution is -0.133. The molecule has 0 bridgehead atoms. The van der Waals surface area contributed by atoms with E-state index in [1.807, 2.05) is 13.8 Å². The first-order valence-electron chi connectivity index (χ1n) is 7.28. The van der Waals surface area contributed by atoms with E-state index in [1.165, 1.54) is 26.0 Å². The quantitative estimate of drug-likeness (QED) is 0.543. The molecule has 0 unspecified atom stereocenters. The summed E-state index contributed by atoms with van der Waals surface area (Å²) in [7, 11) is 0. The molecule has 0 aromatic heterocycles. The van der Waals surface area contributed by atoms with Gasteiger partial charge in [0.1, 0.15) is 0 Å². The van der Waals surface area contributed by atoms with Crippen molar-refractivity contribution in [2.45, 2.75) is 40.5 Å². The van der Waals surface area contributed by atoms with Gasteiger partial charge in [0, 0.05) is 26.0 Å². The van der Waals surface area contributed by atoms with Gasteiger partial charge in [-0.05, 0) is 12.8 Å². The van der Waals surface area contributed by atoms with Crippen molar-refractivity contribution in [2.24, 2.45) is 0 Å². The average molecular weight is 310 g/mol. The van der Waals surface area contributed by atoms with Crippen LogP contribution in [-0.2, 0) is 9.59 Å². The van der Waals surface area contributed by atoms with Crippen LogP contribution in [0.2, 0.25) is 0 Å². The molecule has 122 valence electrons. The third-order valence-corrected chi connectivity index (χ3v) is 2.44. The predicted octanol–water partition coefficient (Wildman–Crippen LogP) is 3.11. The van der Waals surface area contributed by atoms with Crippen LogP contribution in [0.4, 0.5) is 0 Å². The van der Waals surface area contributed by atoms with Crippen LogP contribution in [0, 0.1) is 0 Å². The molecule has 0 heterocycles. The molecule has 0 spiro atoms. The highest BCUT2D eigenvalue weighted by Gasteiger charge is 2.17. The lowest BCUT2D eigenvalue weighted by atomic mass is 10.2. The zero-order chi connectivity index (χ0) is 16.5. The summed E-state index contributed by atoms with van der Waals surface area (Å²) in [5.41, 5.74) is 0. The predicted molar refractivity (Wildman–Crippen MR) is 80.6 cm³/mol. The van der Waals surface area contributed by atoms with Gasteiger partial charge in [-0.1, -0.05) is 13.8 Å². The van der Waals surface area contributed by atoms with Crippen LogP contribution in [-0.4, -0.2) is 25.2 Å². The Morgan fingerprint density at radius 3 is 1.41 bits per heavy atom. The summed E-state index contributed by atoms with van der Waals surface area (Å²) >= 11 is 0. The Morgan fingerprint density at radius 1 is 0.773 bits per heavy atom. The number of rotatable bonds is 8. The van der Waals surface area contributed by atoms with E-state index in [-0.39, 0.29) is 11.5 Å². The molecule has 22 heavy (non-hydrogen) atoms. The Morgan fingerprint density at radius 2 is 1.14 bits per heavy atom. The SMILES string of the molecule is CCCOc1cc(OC(C)=O)c(OCCC)cc1OC(C)=O. The molecule has 0 saturated heterocycles. The molecule has 0 radical (unpaired) electrons. The normalized spacial score (nSPS) is 10.0. The average Bonchev–Trinajstić information content (AvgIpc) is 2.44. The number of carbonyl (C=O) groups excluding carboxylic acids is 2. The van der Waals surface area contributed by atoms with E-state index in [4.69, 9.17) is 18.9 Å². The second-order valence-electron chi connectivity index (χ2n) is 4.63. The van der Waals surface area contributed by atoms with Gasteiger partial charge in [-0.2, -0.15) is 0 Å². The van der Waals surface area contributed by atoms with Gasteiger partial charge >= 0.3 is 11.9 Å². The lowest BCUT2D eigenvalue weighted by Crippen LogP contribution is -2.08. The van der Waals surface area contributed by atoms with Gasteiger partial charge < -0.3 is 18.9 Å². The van der Waals surface area contributed by atoms with Crippen molar-refractivity contribution >= 4 is 11.9 Å². The largest absolute Gasteiger partial charge is 0.490 e. The van der Waals surface area contributed by atoms with Crippen molar-refractivity contribution in [2.75, 3.05) is 13.2 Å². The molecule has 0 aliphatic heterocycles. The molecular weight excluding hydrogens is 288 g/mol. The molecule has 0 N–H and O–H groups in total. The summed E-state index contributed by atoms with van der Waals surface area (Å²) in [6.45, 7) is 7.41. The minimum atomic E-state index is -0.469. The summed E-state index contributed by atoms with van der Waals surface area (Å²) in [6.07, 6.45) is 1.58. The van der Waals surface area contributed by atoms with Crippen molar-refractivity contribution in [3.63, 3.8) is 0 Å². The number of carbonyl (C=O) groups is 2. The van der Waals surface area contributed by atoms with E-state index in [0.717, 1.165) is 12.8 Å². The standard InChI is InChI=1S/C16H22O6/c1-5-7-19-13-9-16(22-12(4)18)14(20-8-6-2)10-15(13)21-11(3)17/h9-10H,5-8H2,1-4H3. The number of hydrogen-bond donors (Lipinski definition) is 0. The van der Waals surface area contributed by atoms with Crippen molar-refractivity contribution in [1.29, 1.82) is 0 Å². The van der Waals surface area contributed by atoms with E-state index >= 15 is 0 Å². The van der Waals surface area contributed by atoms with Gasteiger partial charge in [0.15, 0.2) is 23.0 Å². The maximum Gasteiger partial charge on any atom is 0.308 e. The Kier molecular flexibility index (Phi) is 7.22. The molecule has 1 aromatic rings. The first-order chi connectivity index (χ1) is 10.5. The molecule has 1 aromatic carbocycles. The smallest absolute Gasteiger partial charge is 0.308 e. The van der Waals surface area contributed by atoms with Gasteiger partial charge in [0.05, 0.1) is 13.2 Å². The third kappa shape index (κ3) is 5.63.